The first kappa shape index (κ1) is 20.8. The molecule has 1 heterocycles. The number of carbonyl (C=O) groups is 1. The van der Waals surface area contributed by atoms with Crippen molar-refractivity contribution in [3.63, 3.8) is 0 Å². The quantitative estimate of drug-likeness (QED) is 0.461. The summed E-state index contributed by atoms with van der Waals surface area (Å²) in [6.07, 6.45) is 1.56. The van der Waals surface area contributed by atoms with Crippen molar-refractivity contribution in [3.05, 3.63) is 82.0 Å². The Kier molecular flexibility index (Phi) is 6.46. The fourth-order valence-corrected chi connectivity index (χ4v) is 4.82. The first-order valence-corrected chi connectivity index (χ1v) is 11.2. The maximum absolute atomic E-state index is 13.2. The van der Waals surface area contributed by atoms with Gasteiger partial charge in [-0.1, -0.05) is 35.9 Å². The van der Waals surface area contributed by atoms with Crippen LogP contribution in [0.5, 0.6) is 0 Å². The second kappa shape index (κ2) is 9.02. The average molecular weight is 428 g/mol. The minimum absolute atomic E-state index is 0.117. The predicted octanol–water partition coefficient (Wildman–Crippen LogP) is 3.71. The van der Waals surface area contributed by atoms with Gasteiger partial charge in [0.1, 0.15) is 6.54 Å². The highest BCUT2D eigenvalue weighted by Crippen LogP contribution is 2.23. The summed E-state index contributed by atoms with van der Waals surface area (Å²) in [6.45, 7) is 3.47. The Morgan fingerprint density at radius 1 is 1.07 bits per heavy atom. The Balaban J connectivity index is 1.83. The number of hydrazone groups is 1. The molecule has 0 fully saturated rings. The number of amides is 1. The third-order valence-corrected chi connectivity index (χ3v) is 6.95. The monoisotopic (exact) mass is 427 g/mol. The van der Waals surface area contributed by atoms with Gasteiger partial charge in [-0.25, -0.2) is 13.8 Å². The summed E-state index contributed by atoms with van der Waals surface area (Å²) in [5.74, 6) is -0.532. The van der Waals surface area contributed by atoms with E-state index in [1.165, 1.54) is 23.5 Å². The molecule has 0 aliphatic carbocycles. The zero-order valence-corrected chi connectivity index (χ0v) is 17.7. The predicted molar refractivity (Wildman–Crippen MR) is 117 cm³/mol. The molecular weight excluding hydrogens is 406 g/mol. The Hall–Kier alpha value is -2.97. The van der Waals surface area contributed by atoms with Crippen LogP contribution in [0.15, 0.2) is 76.0 Å². The number of thiophene rings is 1. The van der Waals surface area contributed by atoms with Gasteiger partial charge < -0.3 is 0 Å². The largest absolute Gasteiger partial charge is 0.271 e. The molecule has 0 atom stereocenters. The lowest BCUT2D eigenvalue weighted by atomic mass is 10.2. The first-order chi connectivity index (χ1) is 13.9. The number of hydrogen-bond acceptors (Lipinski definition) is 5. The molecule has 150 valence electrons. The fourth-order valence-electron chi connectivity index (χ4n) is 2.59. The number of carbonyl (C=O) groups excluding carboxylic acids is 1. The van der Waals surface area contributed by atoms with Crippen LogP contribution in [0.1, 0.15) is 16.0 Å². The van der Waals surface area contributed by atoms with Gasteiger partial charge in [0.05, 0.1) is 16.8 Å². The molecule has 0 radical (unpaired) electrons. The summed E-state index contributed by atoms with van der Waals surface area (Å²) in [6, 6.07) is 17.0. The van der Waals surface area contributed by atoms with E-state index in [1.54, 1.807) is 48.7 Å². The van der Waals surface area contributed by atoms with E-state index in [4.69, 9.17) is 0 Å². The smallest absolute Gasteiger partial charge is 0.264 e. The van der Waals surface area contributed by atoms with Crippen LogP contribution in [-0.2, 0) is 14.8 Å². The molecule has 1 amide bonds. The maximum Gasteiger partial charge on any atom is 0.264 e. The molecule has 0 saturated carbocycles. The summed E-state index contributed by atoms with van der Waals surface area (Å²) in [7, 11) is -3.91. The summed E-state index contributed by atoms with van der Waals surface area (Å²) in [4.78, 5) is 13.5. The van der Waals surface area contributed by atoms with Crippen molar-refractivity contribution >= 4 is 39.2 Å². The number of aryl methyl sites for hydroxylation is 2. The van der Waals surface area contributed by atoms with Crippen molar-refractivity contribution in [1.82, 2.24) is 5.43 Å². The lowest BCUT2D eigenvalue weighted by molar-refractivity contribution is -0.119. The lowest BCUT2D eigenvalue weighted by Crippen LogP contribution is -2.39. The van der Waals surface area contributed by atoms with Crippen LogP contribution in [-0.4, -0.2) is 27.1 Å². The highest BCUT2D eigenvalue weighted by atomic mass is 32.2. The van der Waals surface area contributed by atoms with Gasteiger partial charge in [-0.15, -0.1) is 11.3 Å². The van der Waals surface area contributed by atoms with Crippen molar-refractivity contribution in [3.8, 4) is 0 Å². The molecule has 3 rings (SSSR count). The summed E-state index contributed by atoms with van der Waals surface area (Å²) < 4.78 is 27.4. The number of nitrogens with one attached hydrogen (secondary N) is 1. The number of nitrogens with zero attached hydrogens (tertiary/aromatic N) is 2. The molecule has 3 aromatic rings. The van der Waals surface area contributed by atoms with E-state index >= 15 is 0 Å². The average Bonchev–Trinajstić information content (AvgIpc) is 3.12. The van der Waals surface area contributed by atoms with Gasteiger partial charge in [0.2, 0.25) is 0 Å². The van der Waals surface area contributed by atoms with Gasteiger partial charge in [-0.2, -0.15) is 5.10 Å². The maximum atomic E-state index is 13.2. The molecular formula is C21H21N3O3S2. The molecule has 29 heavy (non-hydrogen) atoms. The normalized spacial score (nSPS) is 11.5. The van der Waals surface area contributed by atoms with Crippen molar-refractivity contribution in [1.29, 1.82) is 0 Å². The van der Waals surface area contributed by atoms with Crippen LogP contribution in [0.3, 0.4) is 0 Å². The van der Waals surface area contributed by atoms with E-state index in [0.29, 0.717) is 5.69 Å². The number of anilines is 1. The van der Waals surface area contributed by atoms with Crippen LogP contribution >= 0.6 is 11.3 Å². The van der Waals surface area contributed by atoms with Gasteiger partial charge in [0.15, 0.2) is 0 Å². The highest BCUT2D eigenvalue weighted by Gasteiger charge is 2.26. The summed E-state index contributed by atoms with van der Waals surface area (Å²) >= 11 is 1.51. The van der Waals surface area contributed by atoms with Crippen molar-refractivity contribution in [2.75, 3.05) is 10.8 Å². The van der Waals surface area contributed by atoms with E-state index in [-0.39, 0.29) is 11.4 Å². The van der Waals surface area contributed by atoms with Gasteiger partial charge in [0, 0.05) is 4.88 Å². The van der Waals surface area contributed by atoms with Gasteiger partial charge >= 0.3 is 0 Å². The van der Waals surface area contributed by atoms with E-state index in [9.17, 15) is 13.2 Å². The second-order valence-corrected chi connectivity index (χ2v) is 9.23. The molecule has 0 aliphatic heterocycles. The molecule has 0 saturated heterocycles. The van der Waals surface area contributed by atoms with Gasteiger partial charge in [-0.05, 0) is 55.1 Å². The molecule has 0 unspecified atom stereocenters. The molecule has 0 bridgehead atoms. The summed E-state index contributed by atoms with van der Waals surface area (Å²) in [5, 5.41) is 5.89. The van der Waals surface area contributed by atoms with E-state index < -0.39 is 15.9 Å². The van der Waals surface area contributed by atoms with E-state index in [0.717, 1.165) is 20.3 Å². The third-order valence-electron chi connectivity index (χ3n) is 4.21. The van der Waals surface area contributed by atoms with Crippen LogP contribution < -0.4 is 9.73 Å². The number of rotatable bonds is 7. The van der Waals surface area contributed by atoms with Gasteiger partial charge in [-0.3, -0.25) is 9.10 Å². The fraction of sp³-hybridized carbons (Fsp3) is 0.143. The first-order valence-electron chi connectivity index (χ1n) is 8.88. The molecule has 8 heteroatoms. The van der Waals surface area contributed by atoms with Crippen LogP contribution in [0, 0.1) is 13.8 Å². The third kappa shape index (κ3) is 5.10. The molecule has 0 aliphatic rings. The molecule has 1 N–H and O–H groups in total. The van der Waals surface area contributed by atoms with E-state index in [1.807, 2.05) is 25.3 Å². The zero-order valence-electron chi connectivity index (χ0n) is 16.1. The number of hydrogen-bond donors (Lipinski definition) is 1. The molecule has 0 spiro atoms. The van der Waals surface area contributed by atoms with E-state index in [2.05, 4.69) is 10.5 Å². The standard InChI is InChI=1S/C21H21N3O3S2/c1-16-8-10-18(11-9-16)24(29(26,27)19-6-4-3-5-7-19)15-21(25)23-22-14-20-17(2)12-13-28-20/h3-14H,15H2,1-2H3,(H,23,25)/b22-14+. The Bertz CT molecular complexity index is 1110. The topological polar surface area (TPSA) is 78.8 Å². The number of benzene rings is 2. The van der Waals surface area contributed by atoms with Crippen molar-refractivity contribution in [2.24, 2.45) is 5.10 Å². The Morgan fingerprint density at radius 2 is 1.76 bits per heavy atom. The highest BCUT2D eigenvalue weighted by molar-refractivity contribution is 7.92. The minimum Gasteiger partial charge on any atom is -0.271 e. The second-order valence-electron chi connectivity index (χ2n) is 6.42. The van der Waals surface area contributed by atoms with Crippen LogP contribution in [0.4, 0.5) is 5.69 Å². The minimum atomic E-state index is -3.91. The van der Waals surface area contributed by atoms with Crippen LogP contribution in [0.25, 0.3) is 0 Å². The van der Waals surface area contributed by atoms with Gasteiger partial charge in [0.25, 0.3) is 15.9 Å². The van der Waals surface area contributed by atoms with Crippen molar-refractivity contribution in [2.45, 2.75) is 18.7 Å². The SMILES string of the molecule is Cc1ccc(N(CC(=O)N/N=C/c2sccc2C)S(=O)(=O)c2ccccc2)cc1. The molecule has 2 aromatic carbocycles. The Morgan fingerprint density at radius 3 is 2.38 bits per heavy atom. The Labute approximate surface area is 174 Å². The number of sulfonamides is 1. The zero-order chi connectivity index (χ0) is 20.9. The molecule has 1 aromatic heterocycles. The summed E-state index contributed by atoms with van der Waals surface area (Å²) in [5.41, 5.74) is 4.87. The van der Waals surface area contributed by atoms with Crippen molar-refractivity contribution < 1.29 is 13.2 Å². The molecule has 6 nitrogen and oxygen atoms in total. The lowest BCUT2D eigenvalue weighted by Gasteiger charge is -2.23. The van der Waals surface area contributed by atoms with Crippen LogP contribution in [0.2, 0.25) is 0 Å².